The molecule has 2 aromatic rings. The first-order valence-electron chi connectivity index (χ1n) is 5.17. The first-order valence-corrected chi connectivity index (χ1v) is 6.43. The summed E-state index contributed by atoms with van der Waals surface area (Å²) < 4.78 is 5.03. The van der Waals surface area contributed by atoms with Gasteiger partial charge in [-0.2, -0.15) is 0 Å². The third-order valence-electron chi connectivity index (χ3n) is 2.08. The zero-order chi connectivity index (χ0) is 13.0. The number of nitrogens with one attached hydrogen (secondary N) is 1. The second kappa shape index (κ2) is 5.94. The Morgan fingerprint density at radius 2 is 2.39 bits per heavy atom. The lowest BCUT2D eigenvalue weighted by molar-refractivity contribution is -0.122. The number of nitrogens with zero attached hydrogens (tertiary/aromatic N) is 2. The van der Waals surface area contributed by atoms with Crippen LogP contribution in [0, 0.1) is 0 Å². The maximum atomic E-state index is 10.5. The van der Waals surface area contributed by atoms with Crippen molar-refractivity contribution < 1.29 is 9.53 Å². The van der Waals surface area contributed by atoms with Crippen molar-refractivity contribution in [2.24, 2.45) is 5.73 Å². The van der Waals surface area contributed by atoms with Gasteiger partial charge in [-0.15, -0.1) is 11.3 Å². The molecule has 2 rings (SSSR count). The van der Waals surface area contributed by atoms with Crippen LogP contribution in [0.4, 0.5) is 5.82 Å². The van der Waals surface area contributed by atoms with Crippen LogP contribution >= 0.6 is 22.9 Å². The zero-order valence-corrected chi connectivity index (χ0v) is 10.9. The first-order chi connectivity index (χ1) is 8.66. The van der Waals surface area contributed by atoms with E-state index in [0.29, 0.717) is 19.0 Å². The molecule has 0 saturated carbocycles. The van der Waals surface area contributed by atoms with Crippen molar-refractivity contribution in [2.45, 2.75) is 0 Å². The molecule has 2 aromatic heterocycles. The van der Waals surface area contributed by atoms with Crippen molar-refractivity contribution in [1.29, 1.82) is 0 Å². The molecule has 0 fully saturated rings. The van der Waals surface area contributed by atoms with Crippen LogP contribution in [-0.4, -0.2) is 35.6 Å². The van der Waals surface area contributed by atoms with Crippen LogP contribution in [0.5, 0.6) is 0 Å². The third kappa shape index (κ3) is 3.28. The number of nitrogens with two attached hydrogens (primary N) is 1. The molecule has 8 heteroatoms. The van der Waals surface area contributed by atoms with Crippen molar-refractivity contribution in [2.75, 3.05) is 25.1 Å². The average molecular weight is 287 g/mol. The Morgan fingerprint density at radius 1 is 1.56 bits per heavy atom. The number of halogens is 1. The minimum absolute atomic E-state index is 0.0833. The van der Waals surface area contributed by atoms with E-state index in [4.69, 9.17) is 22.1 Å². The molecule has 6 nitrogen and oxygen atoms in total. The van der Waals surface area contributed by atoms with E-state index in [1.807, 2.05) is 11.4 Å². The highest BCUT2D eigenvalue weighted by molar-refractivity contribution is 7.16. The van der Waals surface area contributed by atoms with E-state index < -0.39 is 5.91 Å². The zero-order valence-electron chi connectivity index (χ0n) is 9.35. The van der Waals surface area contributed by atoms with Gasteiger partial charge in [-0.25, -0.2) is 9.97 Å². The van der Waals surface area contributed by atoms with E-state index in [2.05, 4.69) is 15.3 Å². The average Bonchev–Trinajstić information content (AvgIpc) is 2.75. The normalized spacial score (nSPS) is 10.7. The summed E-state index contributed by atoms with van der Waals surface area (Å²) in [6.45, 7) is 0.780. The van der Waals surface area contributed by atoms with Gasteiger partial charge in [0.2, 0.25) is 11.2 Å². The fourth-order valence-corrected chi connectivity index (χ4v) is 2.36. The molecule has 18 heavy (non-hydrogen) atoms. The Labute approximate surface area is 112 Å². The summed E-state index contributed by atoms with van der Waals surface area (Å²) in [5.74, 6) is 0.175. The summed E-state index contributed by atoms with van der Waals surface area (Å²) in [7, 11) is 0. The summed E-state index contributed by atoms with van der Waals surface area (Å²) in [6.07, 6.45) is 0. The van der Waals surface area contributed by atoms with E-state index in [0.717, 1.165) is 10.2 Å². The number of hydrogen-bond acceptors (Lipinski definition) is 6. The highest BCUT2D eigenvalue weighted by Crippen LogP contribution is 2.26. The predicted octanol–water partition coefficient (Wildman–Crippen LogP) is 1.26. The molecule has 0 saturated heterocycles. The van der Waals surface area contributed by atoms with E-state index in [-0.39, 0.29) is 11.9 Å². The van der Waals surface area contributed by atoms with Gasteiger partial charge in [0.05, 0.1) is 12.0 Å². The molecular weight excluding hydrogens is 276 g/mol. The Hall–Kier alpha value is -1.44. The van der Waals surface area contributed by atoms with Crippen LogP contribution in [-0.2, 0) is 9.53 Å². The number of primary amides is 1. The van der Waals surface area contributed by atoms with Crippen molar-refractivity contribution in [1.82, 2.24) is 9.97 Å². The van der Waals surface area contributed by atoms with Gasteiger partial charge in [0.1, 0.15) is 17.3 Å². The van der Waals surface area contributed by atoms with Gasteiger partial charge in [-0.1, -0.05) is 0 Å². The lowest BCUT2D eigenvalue weighted by Crippen LogP contribution is -2.20. The summed E-state index contributed by atoms with van der Waals surface area (Å²) >= 11 is 7.31. The highest BCUT2D eigenvalue weighted by Gasteiger charge is 2.07. The number of fused-ring (bicyclic) bond motifs is 1. The lowest BCUT2D eigenvalue weighted by atomic mass is 10.4. The second-order valence-electron chi connectivity index (χ2n) is 3.43. The molecule has 0 aromatic carbocycles. The van der Waals surface area contributed by atoms with Gasteiger partial charge in [-0.05, 0) is 23.0 Å². The molecule has 0 aliphatic heterocycles. The van der Waals surface area contributed by atoms with Crippen LogP contribution in [0.3, 0.4) is 0 Å². The quantitative estimate of drug-likeness (QED) is 0.616. The number of amides is 1. The maximum Gasteiger partial charge on any atom is 0.243 e. The SMILES string of the molecule is NC(=O)COCCNc1nc(Cl)nc2sccc12. The van der Waals surface area contributed by atoms with E-state index in [9.17, 15) is 4.79 Å². The molecule has 0 spiro atoms. The number of ether oxygens (including phenoxy) is 1. The van der Waals surface area contributed by atoms with Crippen molar-refractivity contribution in [3.63, 3.8) is 0 Å². The minimum atomic E-state index is -0.486. The van der Waals surface area contributed by atoms with Crippen LogP contribution in [0.2, 0.25) is 5.28 Å². The van der Waals surface area contributed by atoms with E-state index in [1.54, 1.807) is 0 Å². The number of carbonyl (C=O) groups excluding carboxylic acids is 1. The van der Waals surface area contributed by atoms with Gasteiger partial charge in [0, 0.05) is 6.54 Å². The Morgan fingerprint density at radius 3 is 3.17 bits per heavy atom. The maximum absolute atomic E-state index is 10.5. The largest absolute Gasteiger partial charge is 0.370 e. The smallest absolute Gasteiger partial charge is 0.243 e. The molecule has 0 unspecified atom stereocenters. The molecule has 2 heterocycles. The predicted molar refractivity (Wildman–Crippen MR) is 70.9 cm³/mol. The summed E-state index contributed by atoms with van der Waals surface area (Å²) in [5, 5.41) is 6.12. The van der Waals surface area contributed by atoms with Crippen molar-refractivity contribution >= 4 is 44.9 Å². The Balaban J connectivity index is 1.94. The Kier molecular flexibility index (Phi) is 4.29. The number of aromatic nitrogens is 2. The monoisotopic (exact) mass is 286 g/mol. The second-order valence-corrected chi connectivity index (χ2v) is 4.66. The molecule has 0 radical (unpaired) electrons. The van der Waals surface area contributed by atoms with Crippen molar-refractivity contribution in [3.05, 3.63) is 16.7 Å². The first kappa shape index (κ1) is 13.0. The fourth-order valence-electron chi connectivity index (χ4n) is 1.38. The van der Waals surface area contributed by atoms with Gasteiger partial charge in [-0.3, -0.25) is 4.79 Å². The number of hydrogen-bond donors (Lipinski definition) is 2. The number of thiophene rings is 1. The molecular formula is C10H11ClN4O2S. The fraction of sp³-hybridized carbons (Fsp3) is 0.300. The highest BCUT2D eigenvalue weighted by atomic mass is 35.5. The van der Waals surface area contributed by atoms with Crippen LogP contribution < -0.4 is 11.1 Å². The summed E-state index contributed by atoms with van der Waals surface area (Å²) in [6, 6.07) is 1.92. The van der Waals surface area contributed by atoms with Gasteiger partial charge < -0.3 is 15.8 Å². The molecule has 0 aliphatic rings. The van der Waals surface area contributed by atoms with E-state index >= 15 is 0 Å². The van der Waals surface area contributed by atoms with Crippen LogP contribution in [0.15, 0.2) is 11.4 Å². The van der Waals surface area contributed by atoms with Gasteiger partial charge in [0.15, 0.2) is 0 Å². The molecule has 0 aliphatic carbocycles. The van der Waals surface area contributed by atoms with Crippen LogP contribution in [0.1, 0.15) is 0 Å². The number of anilines is 1. The molecule has 0 atom stereocenters. The third-order valence-corrected chi connectivity index (χ3v) is 3.06. The lowest BCUT2D eigenvalue weighted by Gasteiger charge is -2.07. The number of rotatable bonds is 6. The summed E-state index contributed by atoms with van der Waals surface area (Å²) in [4.78, 5) is 19.5. The standard InChI is InChI=1S/C10H11ClN4O2S/c11-10-14-8(6-1-4-18-9(6)15-10)13-2-3-17-5-7(12)16/h1,4H,2-3,5H2,(H2,12,16)(H,13,14,15). The van der Waals surface area contributed by atoms with Crippen LogP contribution in [0.25, 0.3) is 10.2 Å². The summed E-state index contributed by atoms with van der Waals surface area (Å²) in [5.41, 5.74) is 4.95. The number of carbonyl (C=O) groups is 1. The molecule has 3 N–H and O–H groups in total. The minimum Gasteiger partial charge on any atom is -0.370 e. The molecule has 1 amide bonds. The topological polar surface area (TPSA) is 90.1 Å². The van der Waals surface area contributed by atoms with Crippen molar-refractivity contribution in [3.8, 4) is 0 Å². The van der Waals surface area contributed by atoms with E-state index in [1.165, 1.54) is 11.3 Å². The molecule has 0 bridgehead atoms. The Bertz CT molecular complexity index is 560. The van der Waals surface area contributed by atoms with Gasteiger partial charge in [0.25, 0.3) is 0 Å². The molecule has 96 valence electrons. The van der Waals surface area contributed by atoms with Gasteiger partial charge >= 0.3 is 0 Å².